The van der Waals surface area contributed by atoms with E-state index in [-0.39, 0.29) is 29.0 Å². The molecule has 0 aromatic carbocycles. The van der Waals surface area contributed by atoms with Gasteiger partial charge in [-0.2, -0.15) is 0 Å². The van der Waals surface area contributed by atoms with Crippen molar-refractivity contribution in [3.05, 3.63) is 33.1 Å². The highest BCUT2D eigenvalue weighted by Crippen LogP contribution is 2.41. The molecular weight excluding hydrogens is 411 g/mol. The van der Waals surface area contributed by atoms with Gasteiger partial charge < -0.3 is 9.05 Å². The van der Waals surface area contributed by atoms with Crippen molar-refractivity contribution in [2.75, 3.05) is 19.0 Å². The fourth-order valence-corrected chi connectivity index (χ4v) is 5.52. The number of carbonyl (C=O) groups excluding carboxylic acids is 1. The van der Waals surface area contributed by atoms with Crippen LogP contribution in [0.1, 0.15) is 39.0 Å². The number of thioether (sulfide) groups is 2. The third-order valence-electron chi connectivity index (χ3n) is 3.78. The molecule has 0 saturated carbocycles. The van der Waals surface area contributed by atoms with Crippen LogP contribution in [0.15, 0.2) is 21.9 Å². The van der Waals surface area contributed by atoms with E-state index in [0.29, 0.717) is 5.75 Å². The summed E-state index contributed by atoms with van der Waals surface area (Å²) >= 11 is 2.72. The van der Waals surface area contributed by atoms with Gasteiger partial charge in [0.25, 0.3) is 5.56 Å². The highest BCUT2D eigenvalue weighted by Gasteiger charge is 2.28. The number of carbonyl (C=O) groups is 1. The fourth-order valence-electron chi connectivity index (χ4n) is 2.35. The first kappa shape index (κ1) is 22.5. The van der Waals surface area contributed by atoms with E-state index in [2.05, 4.69) is 4.98 Å². The van der Waals surface area contributed by atoms with Crippen LogP contribution in [0.5, 0.6) is 0 Å². The largest absolute Gasteiger partial charge is 0.329 e. The van der Waals surface area contributed by atoms with E-state index >= 15 is 0 Å². The predicted octanol–water partition coefficient (Wildman–Crippen LogP) is 2.66. The van der Waals surface area contributed by atoms with E-state index in [0.717, 1.165) is 12.8 Å². The average Bonchev–Trinajstić information content (AvgIpc) is 3.04. The summed E-state index contributed by atoms with van der Waals surface area (Å²) < 4.78 is 23.8. The van der Waals surface area contributed by atoms with Crippen molar-refractivity contribution in [2.24, 2.45) is 5.41 Å². The van der Waals surface area contributed by atoms with Crippen LogP contribution >= 0.6 is 31.8 Å². The Balaban J connectivity index is 1.67. The molecule has 1 aromatic rings. The Hall–Kier alpha value is -0.800. The van der Waals surface area contributed by atoms with Gasteiger partial charge in [0.2, 0.25) is 0 Å². The van der Waals surface area contributed by atoms with Gasteiger partial charge in [-0.1, -0.05) is 32.5 Å². The second-order valence-corrected chi connectivity index (χ2v) is 10.7. The van der Waals surface area contributed by atoms with Crippen LogP contribution in [-0.4, -0.2) is 38.9 Å². The van der Waals surface area contributed by atoms with E-state index in [4.69, 9.17) is 9.05 Å². The van der Waals surface area contributed by atoms with Crippen molar-refractivity contribution < 1.29 is 18.4 Å². The van der Waals surface area contributed by atoms with Gasteiger partial charge in [-0.25, -0.2) is 4.79 Å². The lowest BCUT2D eigenvalue weighted by Gasteiger charge is -2.15. The summed E-state index contributed by atoms with van der Waals surface area (Å²) in [7, 11) is -2.61. The first-order chi connectivity index (χ1) is 12.7. The first-order valence-corrected chi connectivity index (χ1v) is 11.8. The van der Waals surface area contributed by atoms with Crippen molar-refractivity contribution >= 4 is 36.9 Å². The molecule has 0 aliphatic carbocycles. The number of nitrogens with zero attached hydrogens (tertiary/aromatic N) is 1. The Kier molecular flexibility index (Phi) is 8.42. The number of hydrogen-bond donors (Lipinski definition) is 1. The standard InChI is InChI=1S/C16H25N2O6PS2/c1-16(2,3)14(20)26-9-8-23-25(22)24-10-11-4-5-13(27-11)18-7-6-12(19)17-15(18)21/h6-7,11,13,25H,4-5,8-10H2,1-3H3,(H,17,19,21)/t11-,13+/m0/s1. The first-order valence-electron chi connectivity index (χ1n) is 8.60. The highest BCUT2D eigenvalue weighted by molar-refractivity contribution is 8.13. The molecule has 1 aromatic heterocycles. The van der Waals surface area contributed by atoms with Crippen LogP contribution < -0.4 is 11.2 Å². The van der Waals surface area contributed by atoms with E-state index in [1.165, 1.54) is 28.6 Å². The number of hydrogen-bond acceptors (Lipinski definition) is 8. The molecule has 0 radical (unpaired) electrons. The van der Waals surface area contributed by atoms with E-state index in [1.807, 2.05) is 20.8 Å². The monoisotopic (exact) mass is 436 g/mol. The van der Waals surface area contributed by atoms with Crippen molar-refractivity contribution in [1.82, 2.24) is 9.55 Å². The molecule has 1 saturated heterocycles. The van der Waals surface area contributed by atoms with E-state index in [9.17, 15) is 18.9 Å². The second kappa shape index (κ2) is 10.1. The lowest BCUT2D eigenvalue weighted by Crippen LogP contribution is -2.29. The molecule has 1 N–H and O–H groups in total. The molecule has 11 heteroatoms. The van der Waals surface area contributed by atoms with Gasteiger partial charge in [-0.3, -0.25) is 23.7 Å². The van der Waals surface area contributed by atoms with Gasteiger partial charge >= 0.3 is 13.9 Å². The molecule has 0 bridgehead atoms. The van der Waals surface area contributed by atoms with Crippen LogP contribution in [0, 0.1) is 5.41 Å². The number of aromatic nitrogens is 2. The van der Waals surface area contributed by atoms with Gasteiger partial charge in [0.05, 0.1) is 18.6 Å². The molecule has 8 nitrogen and oxygen atoms in total. The minimum Gasteiger partial charge on any atom is -0.310 e. The van der Waals surface area contributed by atoms with Crippen molar-refractivity contribution in [2.45, 2.75) is 44.2 Å². The molecule has 0 amide bonds. The third-order valence-corrected chi connectivity index (χ3v) is 7.40. The lowest BCUT2D eigenvalue weighted by atomic mass is 10.00. The Morgan fingerprint density at radius 1 is 1.37 bits per heavy atom. The summed E-state index contributed by atoms with van der Waals surface area (Å²) in [6.07, 6.45) is 3.06. The van der Waals surface area contributed by atoms with Gasteiger partial charge in [0.15, 0.2) is 5.12 Å². The molecule has 2 heterocycles. The van der Waals surface area contributed by atoms with Crippen LogP contribution in [0.2, 0.25) is 0 Å². The second-order valence-electron chi connectivity index (χ2n) is 7.10. The molecular formula is C16H25N2O6PS2. The maximum absolute atomic E-state index is 11.8. The van der Waals surface area contributed by atoms with Gasteiger partial charge in [-0.15, -0.1) is 11.8 Å². The third kappa shape index (κ3) is 7.27. The summed E-state index contributed by atoms with van der Waals surface area (Å²) in [5.74, 6) is 0.436. The predicted molar refractivity (Wildman–Crippen MR) is 109 cm³/mol. The molecule has 1 unspecified atom stereocenters. The van der Waals surface area contributed by atoms with Crippen LogP contribution in [-0.2, 0) is 18.4 Å². The number of H-pyrrole nitrogens is 1. The Morgan fingerprint density at radius 2 is 2.11 bits per heavy atom. The molecule has 1 aliphatic rings. The summed E-state index contributed by atoms with van der Waals surface area (Å²) in [5.41, 5.74) is -1.26. The quantitative estimate of drug-likeness (QED) is 0.490. The number of aromatic amines is 1. The molecule has 1 fully saturated rings. The summed E-state index contributed by atoms with van der Waals surface area (Å²) in [4.78, 5) is 37.0. The molecule has 0 spiro atoms. The minimum atomic E-state index is -2.61. The smallest absolute Gasteiger partial charge is 0.310 e. The number of nitrogens with one attached hydrogen (secondary N) is 1. The van der Waals surface area contributed by atoms with Crippen molar-refractivity contribution in [1.29, 1.82) is 0 Å². The topological polar surface area (TPSA) is 107 Å². The molecule has 27 heavy (non-hydrogen) atoms. The van der Waals surface area contributed by atoms with Crippen LogP contribution in [0.25, 0.3) is 0 Å². The molecule has 2 rings (SSSR count). The zero-order valence-electron chi connectivity index (χ0n) is 15.6. The Labute approximate surface area is 166 Å². The van der Waals surface area contributed by atoms with Gasteiger partial charge in [0, 0.05) is 28.7 Å². The fraction of sp³-hybridized carbons (Fsp3) is 0.688. The maximum atomic E-state index is 11.8. The summed E-state index contributed by atoms with van der Waals surface area (Å²) in [6.45, 7) is 6.01. The molecule has 3 atom stereocenters. The van der Waals surface area contributed by atoms with Crippen LogP contribution in [0.3, 0.4) is 0 Å². The Morgan fingerprint density at radius 3 is 2.78 bits per heavy atom. The molecule has 1 aliphatic heterocycles. The van der Waals surface area contributed by atoms with Crippen molar-refractivity contribution in [3.8, 4) is 0 Å². The van der Waals surface area contributed by atoms with Crippen LogP contribution in [0.4, 0.5) is 0 Å². The maximum Gasteiger partial charge on any atom is 0.329 e. The Bertz CT molecular complexity index is 788. The number of rotatable bonds is 8. The van der Waals surface area contributed by atoms with Crippen molar-refractivity contribution in [3.63, 3.8) is 0 Å². The lowest BCUT2D eigenvalue weighted by molar-refractivity contribution is -0.117. The summed E-state index contributed by atoms with van der Waals surface area (Å²) in [6, 6.07) is 1.32. The highest BCUT2D eigenvalue weighted by atomic mass is 32.2. The minimum absolute atomic E-state index is 0.0672. The van der Waals surface area contributed by atoms with Gasteiger partial charge in [0.1, 0.15) is 0 Å². The summed E-state index contributed by atoms with van der Waals surface area (Å²) in [5, 5.41) is 0.0896. The zero-order chi connectivity index (χ0) is 20.0. The van der Waals surface area contributed by atoms with E-state index in [1.54, 1.807) is 11.8 Å². The van der Waals surface area contributed by atoms with E-state index < -0.39 is 24.9 Å². The average molecular weight is 436 g/mol. The van der Waals surface area contributed by atoms with Gasteiger partial charge in [-0.05, 0) is 12.8 Å². The zero-order valence-corrected chi connectivity index (χ0v) is 18.2. The molecule has 152 valence electrons. The SMILES string of the molecule is CC(C)(C)C(=O)SCCO[PH](=O)OC[C@@H]1CC[C@H](n2ccc(=O)[nH]c2=O)S1. The normalized spacial score (nSPS) is 21.3.